The zero-order valence-corrected chi connectivity index (χ0v) is 15.6. The van der Waals surface area contributed by atoms with Gasteiger partial charge in [0.05, 0.1) is 24.9 Å². The summed E-state index contributed by atoms with van der Waals surface area (Å²) in [5.74, 6) is 0.725. The number of nitrogens with zero attached hydrogens (tertiary/aromatic N) is 1. The highest BCUT2D eigenvalue weighted by Crippen LogP contribution is 2.30. The largest absolute Gasteiger partial charge is 0.492 e. The van der Waals surface area contributed by atoms with Gasteiger partial charge in [0.2, 0.25) is 0 Å². The highest BCUT2D eigenvalue weighted by atomic mass is 16.5. The Morgan fingerprint density at radius 2 is 1.93 bits per heavy atom. The second-order valence-corrected chi connectivity index (χ2v) is 6.48. The first-order valence-corrected chi connectivity index (χ1v) is 9.12. The molecule has 3 rings (SSSR count). The Bertz CT molecular complexity index is 761. The van der Waals surface area contributed by atoms with Crippen molar-refractivity contribution in [2.45, 2.75) is 26.1 Å². The van der Waals surface area contributed by atoms with Crippen LogP contribution in [0.5, 0.6) is 11.5 Å². The maximum atomic E-state index is 10.9. The number of fused-ring (bicyclic) bond motifs is 1. The summed E-state index contributed by atoms with van der Waals surface area (Å²) in [5.41, 5.74) is 2.01. The second kappa shape index (κ2) is 8.77. The topological polar surface area (TPSA) is 68.2 Å². The molecule has 2 aromatic carbocycles. The average Bonchev–Trinajstić information content (AvgIpc) is 2.68. The minimum Gasteiger partial charge on any atom is -0.492 e. The first kappa shape index (κ1) is 19.0. The Morgan fingerprint density at radius 1 is 1.19 bits per heavy atom. The standard InChI is InChI=1S/C21H25NO5/c1-15(27-16(2)21(23)24)17-7-9-18(10-8-17)25-13-11-22-12-14-26-20-6-4-3-5-19(20)22/h3-10,15-16H,11-14H2,1-2H3,(H,23,24). The fraction of sp³-hybridized carbons (Fsp3) is 0.381. The van der Waals surface area contributed by atoms with E-state index in [0.29, 0.717) is 13.2 Å². The smallest absolute Gasteiger partial charge is 0.332 e. The monoisotopic (exact) mass is 371 g/mol. The van der Waals surface area contributed by atoms with E-state index < -0.39 is 12.1 Å². The molecule has 0 saturated carbocycles. The van der Waals surface area contributed by atoms with E-state index in [1.165, 1.54) is 6.92 Å². The van der Waals surface area contributed by atoms with Crippen LogP contribution in [0.4, 0.5) is 5.69 Å². The first-order chi connectivity index (χ1) is 13.0. The summed E-state index contributed by atoms with van der Waals surface area (Å²) in [7, 11) is 0. The SMILES string of the molecule is CC(OC(C)c1ccc(OCCN2CCOc3ccccc32)cc1)C(=O)O. The zero-order chi connectivity index (χ0) is 19.2. The van der Waals surface area contributed by atoms with E-state index in [-0.39, 0.29) is 6.10 Å². The van der Waals surface area contributed by atoms with Gasteiger partial charge < -0.3 is 24.2 Å². The molecule has 1 aliphatic heterocycles. The summed E-state index contributed by atoms with van der Waals surface area (Å²) < 4.78 is 17.0. The van der Waals surface area contributed by atoms with Crippen molar-refractivity contribution in [1.82, 2.24) is 0 Å². The van der Waals surface area contributed by atoms with Crippen molar-refractivity contribution in [3.63, 3.8) is 0 Å². The molecule has 0 spiro atoms. The number of benzene rings is 2. The maximum absolute atomic E-state index is 10.9. The molecule has 0 amide bonds. The molecule has 2 atom stereocenters. The molecule has 1 heterocycles. The van der Waals surface area contributed by atoms with Crippen LogP contribution in [-0.4, -0.2) is 43.5 Å². The molecule has 0 aliphatic carbocycles. The van der Waals surface area contributed by atoms with Gasteiger partial charge >= 0.3 is 5.97 Å². The van der Waals surface area contributed by atoms with E-state index in [0.717, 1.165) is 35.8 Å². The highest BCUT2D eigenvalue weighted by molar-refractivity contribution is 5.71. The van der Waals surface area contributed by atoms with E-state index in [1.54, 1.807) is 0 Å². The first-order valence-electron chi connectivity index (χ1n) is 9.12. The van der Waals surface area contributed by atoms with Gasteiger partial charge in [0.25, 0.3) is 0 Å². The summed E-state index contributed by atoms with van der Waals surface area (Å²) in [4.78, 5) is 13.1. The molecule has 6 heteroatoms. The van der Waals surface area contributed by atoms with E-state index in [9.17, 15) is 4.79 Å². The van der Waals surface area contributed by atoms with Gasteiger partial charge in [-0.15, -0.1) is 0 Å². The van der Waals surface area contributed by atoms with E-state index in [4.69, 9.17) is 19.3 Å². The minimum atomic E-state index is -0.966. The van der Waals surface area contributed by atoms with Gasteiger partial charge in [-0.2, -0.15) is 0 Å². The second-order valence-electron chi connectivity index (χ2n) is 6.48. The van der Waals surface area contributed by atoms with Gasteiger partial charge in [0.15, 0.2) is 6.10 Å². The molecule has 6 nitrogen and oxygen atoms in total. The fourth-order valence-corrected chi connectivity index (χ4v) is 3.01. The summed E-state index contributed by atoms with van der Waals surface area (Å²) in [6.45, 7) is 6.23. The van der Waals surface area contributed by atoms with Gasteiger partial charge in [-0.25, -0.2) is 4.79 Å². The van der Waals surface area contributed by atoms with Crippen LogP contribution in [0, 0.1) is 0 Å². The minimum absolute atomic E-state index is 0.296. The van der Waals surface area contributed by atoms with Crippen molar-refractivity contribution >= 4 is 11.7 Å². The summed E-state index contributed by atoms with van der Waals surface area (Å²) in [5, 5.41) is 8.93. The van der Waals surface area contributed by atoms with Crippen molar-refractivity contribution in [1.29, 1.82) is 0 Å². The summed E-state index contributed by atoms with van der Waals surface area (Å²) in [6, 6.07) is 15.6. The molecule has 27 heavy (non-hydrogen) atoms. The predicted octanol–water partition coefficient (Wildman–Crippen LogP) is 3.52. The van der Waals surface area contributed by atoms with Crippen molar-refractivity contribution in [2.24, 2.45) is 0 Å². The van der Waals surface area contributed by atoms with E-state index in [1.807, 2.05) is 49.4 Å². The average molecular weight is 371 g/mol. The Hall–Kier alpha value is -2.73. The molecule has 144 valence electrons. The normalized spacial score (nSPS) is 15.4. The quantitative estimate of drug-likeness (QED) is 0.766. The van der Waals surface area contributed by atoms with Crippen LogP contribution in [0.3, 0.4) is 0 Å². The van der Waals surface area contributed by atoms with Gasteiger partial charge in [0.1, 0.15) is 24.7 Å². The fourth-order valence-electron chi connectivity index (χ4n) is 3.01. The number of hydrogen-bond donors (Lipinski definition) is 1. The summed E-state index contributed by atoms with van der Waals surface area (Å²) in [6.07, 6.45) is -1.14. The third kappa shape index (κ3) is 4.92. The molecule has 0 radical (unpaired) electrons. The number of aliphatic carboxylic acids is 1. The molecular formula is C21H25NO5. The number of carboxylic acids is 1. The van der Waals surface area contributed by atoms with E-state index >= 15 is 0 Å². The van der Waals surface area contributed by atoms with Crippen LogP contribution < -0.4 is 14.4 Å². The lowest BCUT2D eigenvalue weighted by molar-refractivity contribution is -0.152. The van der Waals surface area contributed by atoms with Crippen molar-refractivity contribution in [3.8, 4) is 11.5 Å². The number of carbonyl (C=O) groups is 1. The van der Waals surface area contributed by atoms with Gasteiger partial charge in [-0.05, 0) is 43.7 Å². The molecule has 2 aromatic rings. The lowest BCUT2D eigenvalue weighted by atomic mass is 10.1. The molecule has 0 saturated heterocycles. The summed E-state index contributed by atoms with van der Waals surface area (Å²) >= 11 is 0. The van der Waals surface area contributed by atoms with Crippen LogP contribution in [0.25, 0.3) is 0 Å². The molecule has 1 aliphatic rings. The molecule has 0 fully saturated rings. The Labute approximate surface area is 159 Å². The van der Waals surface area contributed by atoms with Crippen LogP contribution in [0.2, 0.25) is 0 Å². The van der Waals surface area contributed by atoms with Crippen molar-refractivity contribution < 1.29 is 24.1 Å². The number of rotatable bonds is 8. The van der Waals surface area contributed by atoms with Gasteiger partial charge in [-0.1, -0.05) is 24.3 Å². The Morgan fingerprint density at radius 3 is 2.67 bits per heavy atom. The van der Waals surface area contributed by atoms with Crippen LogP contribution in [-0.2, 0) is 9.53 Å². The lowest BCUT2D eigenvalue weighted by Gasteiger charge is -2.31. The third-order valence-electron chi connectivity index (χ3n) is 4.56. The molecule has 0 aromatic heterocycles. The third-order valence-corrected chi connectivity index (χ3v) is 4.56. The predicted molar refractivity (Wildman–Crippen MR) is 103 cm³/mol. The Balaban J connectivity index is 1.50. The number of ether oxygens (including phenoxy) is 3. The molecule has 1 N–H and O–H groups in total. The van der Waals surface area contributed by atoms with Crippen LogP contribution in [0.15, 0.2) is 48.5 Å². The van der Waals surface area contributed by atoms with Gasteiger partial charge in [-0.3, -0.25) is 0 Å². The number of carboxylic acid groups (broad SMARTS) is 1. The zero-order valence-electron chi connectivity index (χ0n) is 15.6. The molecule has 0 bridgehead atoms. The van der Waals surface area contributed by atoms with Crippen molar-refractivity contribution in [3.05, 3.63) is 54.1 Å². The lowest BCUT2D eigenvalue weighted by Crippen LogP contribution is -2.35. The number of hydrogen-bond acceptors (Lipinski definition) is 5. The highest BCUT2D eigenvalue weighted by Gasteiger charge is 2.18. The van der Waals surface area contributed by atoms with Crippen LogP contribution >= 0.6 is 0 Å². The van der Waals surface area contributed by atoms with Gasteiger partial charge in [0, 0.05) is 0 Å². The van der Waals surface area contributed by atoms with Crippen molar-refractivity contribution in [2.75, 3.05) is 31.2 Å². The number of anilines is 1. The van der Waals surface area contributed by atoms with Crippen LogP contribution in [0.1, 0.15) is 25.5 Å². The Kier molecular flexibility index (Phi) is 6.19. The molecular weight excluding hydrogens is 346 g/mol. The van der Waals surface area contributed by atoms with E-state index in [2.05, 4.69) is 11.0 Å². The number of para-hydroxylation sites is 2. The molecule has 2 unspecified atom stereocenters. The maximum Gasteiger partial charge on any atom is 0.332 e.